The Morgan fingerprint density at radius 1 is 1.60 bits per heavy atom. The molecule has 2 N–H and O–H groups in total. The second-order valence-electron chi connectivity index (χ2n) is 3.04. The molecule has 1 unspecified atom stereocenters. The minimum Gasteiger partial charge on any atom is -0.508 e. The van der Waals surface area contributed by atoms with Gasteiger partial charge in [-0.2, -0.15) is 0 Å². The van der Waals surface area contributed by atoms with E-state index in [0.717, 1.165) is 0 Å². The molecule has 1 aromatic rings. The van der Waals surface area contributed by atoms with Gasteiger partial charge in [-0.1, -0.05) is 11.6 Å². The Kier molecular flexibility index (Phi) is 3.94. The van der Waals surface area contributed by atoms with E-state index in [1.165, 1.54) is 25.3 Å². The van der Waals surface area contributed by atoms with Gasteiger partial charge in [0, 0.05) is 18.6 Å². The Hall–Kier alpha value is -1.26. The summed E-state index contributed by atoms with van der Waals surface area (Å²) in [7, 11) is 1.31. The van der Waals surface area contributed by atoms with Crippen molar-refractivity contribution in [2.75, 3.05) is 7.11 Å². The van der Waals surface area contributed by atoms with Crippen LogP contribution in [-0.4, -0.2) is 29.4 Å². The summed E-state index contributed by atoms with van der Waals surface area (Å²) in [4.78, 5) is 10.7. The number of phenols is 1. The van der Waals surface area contributed by atoms with Gasteiger partial charge >= 0.3 is 5.97 Å². The lowest BCUT2D eigenvalue weighted by Gasteiger charge is -2.11. The van der Waals surface area contributed by atoms with Crippen LogP contribution in [0.1, 0.15) is 5.56 Å². The molecule has 1 aromatic carbocycles. The highest BCUT2D eigenvalue weighted by atomic mass is 35.5. The van der Waals surface area contributed by atoms with Crippen LogP contribution in [0.2, 0.25) is 5.02 Å². The number of hydrogen-bond acceptors (Lipinski definition) is 3. The van der Waals surface area contributed by atoms with Crippen LogP contribution in [0.3, 0.4) is 0 Å². The van der Waals surface area contributed by atoms with E-state index in [4.69, 9.17) is 21.4 Å². The second kappa shape index (κ2) is 5.00. The highest BCUT2D eigenvalue weighted by Crippen LogP contribution is 2.23. The lowest BCUT2D eigenvalue weighted by atomic mass is 10.1. The highest BCUT2D eigenvalue weighted by Gasteiger charge is 2.18. The van der Waals surface area contributed by atoms with Crippen molar-refractivity contribution in [1.82, 2.24) is 0 Å². The first-order valence-corrected chi connectivity index (χ1v) is 4.65. The molecule has 0 radical (unpaired) electrons. The van der Waals surface area contributed by atoms with E-state index in [1.54, 1.807) is 0 Å². The first-order valence-electron chi connectivity index (χ1n) is 4.27. The van der Waals surface area contributed by atoms with Gasteiger partial charge in [0.15, 0.2) is 6.10 Å². The van der Waals surface area contributed by atoms with E-state index in [9.17, 15) is 9.90 Å². The molecule has 0 amide bonds. The number of ether oxygens (including phenoxy) is 1. The molecule has 4 nitrogen and oxygen atoms in total. The minimum atomic E-state index is -1.07. The summed E-state index contributed by atoms with van der Waals surface area (Å²) in [6, 6.07) is 4.47. The van der Waals surface area contributed by atoms with Gasteiger partial charge < -0.3 is 14.9 Å². The Morgan fingerprint density at radius 2 is 2.27 bits per heavy atom. The molecule has 1 atom stereocenters. The van der Waals surface area contributed by atoms with Gasteiger partial charge in [-0.25, -0.2) is 4.79 Å². The zero-order valence-electron chi connectivity index (χ0n) is 8.11. The molecular weight excluding hydrogens is 220 g/mol. The lowest BCUT2D eigenvalue weighted by molar-refractivity contribution is -0.148. The highest BCUT2D eigenvalue weighted by molar-refractivity contribution is 6.30. The summed E-state index contributed by atoms with van der Waals surface area (Å²) < 4.78 is 4.76. The first kappa shape index (κ1) is 11.8. The standard InChI is InChI=1S/C10H11ClO4/c1-15-9(10(13)14)5-6-4-7(11)2-3-8(6)12/h2-4,9,12H,5H2,1H3,(H,13,14). The summed E-state index contributed by atoms with van der Waals surface area (Å²) in [5, 5.41) is 18.7. The van der Waals surface area contributed by atoms with Crippen molar-refractivity contribution < 1.29 is 19.7 Å². The van der Waals surface area contributed by atoms with Crippen LogP contribution in [-0.2, 0) is 16.0 Å². The SMILES string of the molecule is COC(Cc1cc(Cl)ccc1O)C(=O)O. The second-order valence-corrected chi connectivity index (χ2v) is 3.48. The zero-order valence-corrected chi connectivity index (χ0v) is 8.86. The number of aliphatic carboxylic acids is 1. The molecule has 0 aliphatic carbocycles. The van der Waals surface area contributed by atoms with Crippen LogP contribution >= 0.6 is 11.6 Å². The summed E-state index contributed by atoms with van der Waals surface area (Å²) in [5.74, 6) is -1.06. The van der Waals surface area contributed by atoms with Crippen LogP contribution in [0.25, 0.3) is 0 Å². The molecule has 5 heteroatoms. The minimum absolute atomic E-state index is 0.0164. The number of carboxylic acid groups (broad SMARTS) is 1. The molecule has 0 saturated heterocycles. The monoisotopic (exact) mass is 230 g/mol. The van der Waals surface area contributed by atoms with Crippen LogP contribution in [0, 0.1) is 0 Å². The summed E-state index contributed by atoms with van der Waals surface area (Å²) in [5.41, 5.74) is 0.455. The summed E-state index contributed by atoms with van der Waals surface area (Å²) in [6.45, 7) is 0. The molecule has 15 heavy (non-hydrogen) atoms. The average molecular weight is 231 g/mol. The maximum Gasteiger partial charge on any atom is 0.333 e. The number of carbonyl (C=O) groups is 1. The van der Waals surface area contributed by atoms with Crippen molar-refractivity contribution in [3.8, 4) is 5.75 Å². The molecular formula is C10H11ClO4. The number of aromatic hydroxyl groups is 1. The summed E-state index contributed by atoms with van der Waals surface area (Å²) >= 11 is 5.72. The maximum atomic E-state index is 10.7. The van der Waals surface area contributed by atoms with Gasteiger partial charge in [0.2, 0.25) is 0 Å². The third-order valence-electron chi connectivity index (χ3n) is 2.01. The predicted octanol–water partition coefficient (Wildman–Crippen LogP) is 1.69. The van der Waals surface area contributed by atoms with Gasteiger partial charge in [0.25, 0.3) is 0 Å². The molecule has 1 rings (SSSR count). The molecule has 0 aromatic heterocycles. The number of benzene rings is 1. The Bertz CT molecular complexity index is 364. The normalized spacial score (nSPS) is 12.4. The van der Waals surface area contributed by atoms with Crippen molar-refractivity contribution in [3.63, 3.8) is 0 Å². The van der Waals surface area contributed by atoms with Gasteiger partial charge in [-0.15, -0.1) is 0 Å². The number of halogens is 1. The molecule has 0 fully saturated rings. The molecule has 0 bridgehead atoms. The predicted molar refractivity (Wildman–Crippen MR) is 55.3 cm³/mol. The fourth-order valence-corrected chi connectivity index (χ4v) is 1.38. The molecule has 82 valence electrons. The molecule has 0 saturated carbocycles. The molecule has 0 aliphatic rings. The summed E-state index contributed by atoms with van der Waals surface area (Å²) in [6.07, 6.45) is -0.896. The number of carboxylic acids is 1. The third-order valence-corrected chi connectivity index (χ3v) is 2.24. The third kappa shape index (κ3) is 3.11. The quantitative estimate of drug-likeness (QED) is 0.826. The fraction of sp³-hybridized carbons (Fsp3) is 0.300. The van der Waals surface area contributed by atoms with E-state index in [1.807, 2.05) is 0 Å². The smallest absolute Gasteiger partial charge is 0.333 e. The van der Waals surface area contributed by atoms with Crippen molar-refractivity contribution in [1.29, 1.82) is 0 Å². The Balaban J connectivity index is 2.87. The number of phenolic OH excluding ortho intramolecular Hbond substituents is 1. The van der Waals surface area contributed by atoms with Crippen LogP contribution in [0.4, 0.5) is 0 Å². The molecule has 0 spiro atoms. The van der Waals surface area contributed by atoms with Crippen molar-refractivity contribution in [2.45, 2.75) is 12.5 Å². The van der Waals surface area contributed by atoms with Gasteiger partial charge in [0.1, 0.15) is 5.75 Å². The first-order chi connectivity index (χ1) is 7.04. The van der Waals surface area contributed by atoms with Crippen LogP contribution in [0.15, 0.2) is 18.2 Å². The zero-order chi connectivity index (χ0) is 11.4. The fourth-order valence-electron chi connectivity index (χ4n) is 1.19. The Morgan fingerprint density at radius 3 is 2.80 bits per heavy atom. The van der Waals surface area contributed by atoms with Crippen molar-refractivity contribution in [3.05, 3.63) is 28.8 Å². The molecule has 0 heterocycles. The van der Waals surface area contributed by atoms with E-state index in [2.05, 4.69) is 0 Å². The van der Waals surface area contributed by atoms with Gasteiger partial charge in [0.05, 0.1) is 0 Å². The largest absolute Gasteiger partial charge is 0.508 e. The van der Waals surface area contributed by atoms with Gasteiger partial charge in [-0.05, 0) is 23.8 Å². The average Bonchev–Trinajstić information content (AvgIpc) is 2.18. The lowest BCUT2D eigenvalue weighted by Crippen LogP contribution is -2.24. The maximum absolute atomic E-state index is 10.7. The van der Waals surface area contributed by atoms with E-state index >= 15 is 0 Å². The number of methoxy groups -OCH3 is 1. The molecule has 0 aliphatic heterocycles. The van der Waals surface area contributed by atoms with Crippen LogP contribution < -0.4 is 0 Å². The van der Waals surface area contributed by atoms with Gasteiger partial charge in [-0.3, -0.25) is 0 Å². The van der Waals surface area contributed by atoms with Crippen LogP contribution in [0.5, 0.6) is 5.75 Å². The van der Waals surface area contributed by atoms with Crippen molar-refractivity contribution in [2.24, 2.45) is 0 Å². The van der Waals surface area contributed by atoms with E-state index < -0.39 is 12.1 Å². The topological polar surface area (TPSA) is 66.8 Å². The number of hydrogen-bond donors (Lipinski definition) is 2. The van der Waals surface area contributed by atoms with E-state index in [0.29, 0.717) is 10.6 Å². The number of rotatable bonds is 4. The van der Waals surface area contributed by atoms with E-state index in [-0.39, 0.29) is 12.2 Å². The van der Waals surface area contributed by atoms with Crippen molar-refractivity contribution >= 4 is 17.6 Å². The Labute approximate surface area is 92.1 Å².